The van der Waals surface area contributed by atoms with Gasteiger partial charge in [-0.1, -0.05) is 0 Å². The van der Waals surface area contributed by atoms with Crippen molar-refractivity contribution in [3.63, 3.8) is 0 Å². The lowest BCUT2D eigenvalue weighted by atomic mass is 10.1. The van der Waals surface area contributed by atoms with Gasteiger partial charge in [0.1, 0.15) is 11.5 Å². The van der Waals surface area contributed by atoms with Crippen LogP contribution in [0.2, 0.25) is 0 Å². The van der Waals surface area contributed by atoms with E-state index in [9.17, 15) is 9.59 Å². The third kappa shape index (κ3) is 3.26. The fourth-order valence-electron chi connectivity index (χ4n) is 2.53. The normalized spacial score (nSPS) is 17.5. The third-order valence-electron chi connectivity index (χ3n) is 3.65. The van der Waals surface area contributed by atoms with Crippen LogP contribution in [0.25, 0.3) is 0 Å². The number of fused-ring (bicyclic) bond motifs is 1. The van der Waals surface area contributed by atoms with Crippen molar-refractivity contribution in [2.75, 3.05) is 31.6 Å². The van der Waals surface area contributed by atoms with Gasteiger partial charge in [0.2, 0.25) is 0 Å². The molecule has 6 nitrogen and oxygen atoms in total. The molecule has 3 rings (SSSR count). The Hall–Kier alpha value is -2.24. The van der Waals surface area contributed by atoms with Crippen LogP contribution in [0, 0.1) is 0 Å². The van der Waals surface area contributed by atoms with Gasteiger partial charge in [-0.15, -0.1) is 0 Å². The average molecular weight is 290 g/mol. The SMILES string of the molecule is O=C1COc2ccc(OCC(=O)N3CCCCC3)cc2N1. The number of amides is 2. The summed E-state index contributed by atoms with van der Waals surface area (Å²) < 4.78 is 10.8. The minimum Gasteiger partial charge on any atom is -0.484 e. The second-order valence-electron chi connectivity index (χ2n) is 5.22. The molecule has 1 aromatic carbocycles. The topological polar surface area (TPSA) is 67.9 Å². The molecule has 112 valence electrons. The van der Waals surface area contributed by atoms with Gasteiger partial charge < -0.3 is 19.7 Å². The van der Waals surface area contributed by atoms with Crippen LogP contribution < -0.4 is 14.8 Å². The van der Waals surface area contributed by atoms with Crippen molar-refractivity contribution in [3.05, 3.63) is 18.2 Å². The summed E-state index contributed by atoms with van der Waals surface area (Å²) in [5.74, 6) is 0.978. The lowest BCUT2D eigenvalue weighted by Gasteiger charge is -2.26. The zero-order valence-electron chi connectivity index (χ0n) is 11.8. The summed E-state index contributed by atoms with van der Waals surface area (Å²) in [5, 5.41) is 2.71. The van der Waals surface area contributed by atoms with Crippen LogP contribution >= 0.6 is 0 Å². The maximum atomic E-state index is 12.0. The van der Waals surface area contributed by atoms with Crippen LogP contribution in [0.15, 0.2) is 18.2 Å². The van der Waals surface area contributed by atoms with E-state index in [4.69, 9.17) is 9.47 Å². The Bertz CT molecular complexity index is 553. The van der Waals surface area contributed by atoms with Crippen LogP contribution in [0.3, 0.4) is 0 Å². The number of piperidine rings is 1. The number of nitrogens with one attached hydrogen (secondary N) is 1. The van der Waals surface area contributed by atoms with E-state index < -0.39 is 0 Å². The Morgan fingerprint density at radius 1 is 1.29 bits per heavy atom. The lowest BCUT2D eigenvalue weighted by molar-refractivity contribution is -0.134. The van der Waals surface area contributed by atoms with Crippen LogP contribution in [0.4, 0.5) is 5.69 Å². The van der Waals surface area contributed by atoms with Crippen LogP contribution in [-0.4, -0.2) is 43.0 Å². The summed E-state index contributed by atoms with van der Waals surface area (Å²) in [4.78, 5) is 25.1. The molecule has 2 heterocycles. The fraction of sp³-hybridized carbons (Fsp3) is 0.467. The molecule has 0 bridgehead atoms. The van der Waals surface area contributed by atoms with E-state index in [2.05, 4.69) is 5.32 Å². The van der Waals surface area contributed by atoms with E-state index in [0.717, 1.165) is 25.9 Å². The van der Waals surface area contributed by atoms with Crippen molar-refractivity contribution in [3.8, 4) is 11.5 Å². The van der Waals surface area contributed by atoms with Gasteiger partial charge >= 0.3 is 0 Å². The molecular weight excluding hydrogens is 272 g/mol. The van der Waals surface area contributed by atoms with E-state index in [-0.39, 0.29) is 25.0 Å². The van der Waals surface area contributed by atoms with Gasteiger partial charge in [0.05, 0.1) is 5.69 Å². The minimum atomic E-state index is -0.191. The standard InChI is InChI=1S/C15H18N2O4/c18-14-9-21-13-5-4-11(8-12(13)16-14)20-10-15(19)17-6-2-1-3-7-17/h4-5,8H,1-3,6-7,9-10H2,(H,16,18). The molecule has 6 heteroatoms. The summed E-state index contributed by atoms with van der Waals surface area (Å²) in [6.45, 7) is 1.68. The molecule has 0 saturated carbocycles. The average Bonchev–Trinajstić information content (AvgIpc) is 2.53. The monoisotopic (exact) mass is 290 g/mol. The van der Waals surface area contributed by atoms with Gasteiger partial charge in [0.15, 0.2) is 13.2 Å². The van der Waals surface area contributed by atoms with Crippen molar-refractivity contribution < 1.29 is 19.1 Å². The fourth-order valence-corrected chi connectivity index (χ4v) is 2.53. The predicted octanol–water partition coefficient (Wildman–Crippen LogP) is 1.41. The van der Waals surface area contributed by atoms with Gasteiger partial charge in [-0.2, -0.15) is 0 Å². The van der Waals surface area contributed by atoms with Gasteiger partial charge in [-0.05, 0) is 31.4 Å². The molecule has 1 aromatic rings. The number of carbonyl (C=O) groups excluding carboxylic acids is 2. The zero-order chi connectivity index (χ0) is 14.7. The lowest BCUT2D eigenvalue weighted by Crippen LogP contribution is -2.38. The van der Waals surface area contributed by atoms with E-state index in [1.165, 1.54) is 6.42 Å². The van der Waals surface area contributed by atoms with Gasteiger partial charge in [0.25, 0.3) is 11.8 Å². The summed E-state index contributed by atoms with van der Waals surface area (Å²) in [6.07, 6.45) is 3.32. The summed E-state index contributed by atoms with van der Waals surface area (Å²) in [5.41, 5.74) is 0.578. The number of anilines is 1. The highest BCUT2D eigenvalue weighted by molar-refractivity contribution is 5.95. The van der Waals surface area contributed by atoms with Crippen molar-refractivity contribution in [1.82, 2.24) is 4.90 Å². The number of carbonyl (C=O) groups is 2. The maximum absolute atomic E-state index is 12.0. The number of benzene rings is 1. The van der Waals surface area contributed by atoms with Crippen LogP contribution in [-0.2, 0) is 9.59 Å². The van der Waals surface area contributed by atoms with Crippen molar-refractivity contribution in [2.24, 2.45) is 0 Å². The van der Waals surface area contributed by atoms with E-state index in [1.807, 2.05) is 4.90 Å². The number of likely N-dealkylation sites (tertiary alicyclic amines) is 1. The van der Waals surface area contributed by atoms with E-state index in [1.54, 1.807) is 18.2 Å². The molecule has 0 atom stereocenters. The number of hydrogen-bond donors (Lipinski definition) is 1. The Labute approximate surface area is 123 Å². The van der Waals surface area contributed by atoms with Crippen LogP contribution in [0.1, 0.15) is 19.3 Å². The van der Waals surface area contributed by atoms with Crippen LogP contribution in [0.5, 0.6) is 11.5 Å². The largest absolute Gasteiger partial charge is 0.484 e. The highest BCUT2D eigenvalue weighted by Gasteiger charge is 2.18. The molecule has 2 aliphatic rings. The molecule has 0 unspecified atom stereocenters. The van der Waals surface area contributed by atoms with Crippen molar-refractivity contribution >= 4 is 17.5 Å². The third-order valence-corrected chi connectivity index (χ3v) is 3.65. The van der Waals surface area contributed by atoms with E-state index >= 15 is 0 Å². The zero-order valence-corrected chi connectivity index (χ0v) is 11.8. The summed E-state index contributed by atoms with van der Waals surface area (Å²) in [6, 6.07) is 5.14. The second kappa shape index (κ2) is 6.03. The predicted molar refractivity (Wildman–Crippen MR) is 76.5 cm³/mol. The first-order valence-corrected chi connectivity index (χ1v) is 7.20. The molecule has 0 aromatic heterocycles. The first kappa shape index (κ1) is 13.7. The Kier molecular flexibility index (Phi) is 3.94. The summed E-state index contributed by atoms with van der Waals surface area (Å²) in [7, 11) is 0. The molecule has 1 saturated heterocycles. The molecular formula is C15H18N2O4. The number of hydrogen-bond acceptors (Lipinski definition) is 4. The number of ether oxygens (including phenoxy) is 2. The molecule has 2 aliphatic heterocycles. The van der Waals surface area contributed by atoms with Gasteiger partial charge in [0, 0.05) is 19.2 Å². The number of rotatable bonds is 3. The second-order valence-corrected chi connectivity index (χ2v) is 5.22. The Morgan fingerprint density at radius 2 is 2.10 bits per heavy atom. The molecule has 1 N–H and O–H groups in total. The first-order valence-electron chi connectivity index (χ1n) is 7.20. The highest BCUT2D eigenvalue weighted by Crippen LogP contribution is 2.31. The molecule has 0 aliphatic carbocycles. The van der Waals surface area contributed by atoms with Gasteiger partial charge in [-0.25, -0.2) is 0 Å². The quantitative estimate of drug-likeness (QED) is 0.914. The molecule has 1 fully saturated rings. The highest BCUT2D eigenvalue weighted by atomic mass is 16.5. The Morgan fingerprint density at radius 3 is 2.90 bits per heavy atom. The molecule has 21 heavy (non-hydrogen) atoms. The van der Waals surface area contributed by atoms with E-state index in [0.29, 0.717) is 17.2 Å². The molecule has 2 amide bonds. The minimum absolute atomic E-state index is 0.00714. The van der Waals surface area contributed by atoms with Gasteiger partial charge in [-0.3, -0.25) is 9.59 Å². The Balaban J connectivity index is 1.59. The number of nitrogens with zero attached hydrogens (tertiary/aromatic N) is 1. The maximum Gasteiger partial charge on any atom is 0.262 e. The van der Waals surface area contributed by atoms with Crippen molar-refractivity contribution in [1.29, 1.82) is 0 Å². The molecule has 0 radical (unpaired) electrons. The van der Waals surface area contributed by atoms with Crippen molar-refractivity contribution in [2.45, 2.75) is 19.3 Å². The summed E-state index contributed by atoms with van der Waals surface area (Å²) >= 11 is 0. The molecule has 0 spiro atoms. The first-order chi connectivity index (χ1) is 10.2. The smallest absolute Gasteiger partial charge is 0.262 e.